The van der Waals surface area contributed by atoms with Gasteiger partial charge in [0.2, 0.25) is 11.8 Å². The summed E-state index contributed by atoms with van der Waals surface area (Å²) in [6.45, 7) is 4.65. The zero-order chi connectivity index (χ0) is 19.6. The molecule has 0 aromatic heterocycles. The first kappa shape index (κ1) is 19.7. The summed E-state index contributed by atoms with van der Waals surface area (Å²) in [6, 6.07) is 6.47. The first-order valence-electron chi connectivity index (χ1n) is 9.27. The highest BCUT2D eigenvalue weighted by atomic mass is 32.2. The predicted octanol–water partition coefficient (Wildman–Crippen LogP) is 0.872. The summed E-state index contributed by atoms with van der Waals surface area (Å²) in [5.74, 6) is -0.908. The molecule has 2 heterocycles. The molecule has 27 heavy (non-hydrogen) atoms. The number of hydrogen-bond donors (Lipinski definition) is 3. The van der Waals surface area contributed by atoms with E-state index in [1.807, 2.05) is 38.1 Å². The number of nitrogens with one attached hydrogen (secondary N) is 2. The molecule has 0 aliphatic carbocycles. The number of nitrogens with zero attached hydrogens (tertiary/aromatic N) is 1. The molecule has 2 aliphatic heterocycles. The first-order valence-corrected chi connectivity index (χ1v) is 10.2. The van der Waals surface area contributed by atoms with Gasteiger partial charge in [-0.3, -0.25) is 14.4 Å². The summed E-state index contributed by atoms with van der Waals surface area (Å²) < 4.78 is 0. The highest BCUT2D eigenvalue weighted by Gasteiger charge is 2.41. The highest BCUT2D eigenvalue weighted by Crippen LogP contribution is 2.40. The minimum Gasteiger partial charge on any atom is -0.368 e. The number of benzene rings is 1. The number of amides is 3. The van der Waals surface area contributed by atoms with Crippen LogP contribution < -0.4 is 21.3 Å². The maximum atomic E-state index is 13.4. The fourth-order valence-corrected chi connectivity index (χ4v) is 4.91. The van der Waals surface area contributed by atoms with Crippen LogP contribution in [0.1, 0.15) is 26.7 Å². The molecule has 1 fully saturated rings. The van der Waals surface area contributed by atoms with E-state index in [1.165, 1.54) is 4.90 Å². The largest absolute Gasteiger partial charge is 0.368 e. The van der Waals surface area contributed by atoms with Crippen molar-refractivity contribution in [2.45, 2.75) is 48.9 Å². The van der Waals surface area contributed by atoms with Crippen LogP contribution in [0.15, 0.2) is 29.2 Å². The van der Waals surface area contributed by atoms with Crippen molar-refractivity contribution in [2.75, 3.05) is 18.0 Å². The van der Waals surface area contributed by atoms with E-state index in [-0.39, 0.29) is 35.6 Å². The number of nitrogens with two attached hydrogens (primary N) is 1. The minimum absolute atomic E-state index is 0.141. The number of anilines is 1. The molecule has 1 aromatic carbocycles. The summed E-state index contributed by atoms with van der Waals surface area (Å²) in [5, 5.41) is 5.97. The van der Waals surface area contributed by atoms with Crippen LogP contribution in [0.3, 0.4) is 0 Å². The molecule has 2 unspecified atom stereocenters. The quantitative estimate of drug-likeness (QED) is 0.692. The molecule has 4 N–H and O–H groups in total. The van der Waals surface area contributed by atoms with Crippen LogP contribution >= 0.6 is 11.8 Å². The van der Waals surface area contributed by atoms with E-state index in [9.17, 15) is 14.4 Å². The number of primary amides is 1. The lowest BCUT2D eigenvalue weighted by Gasteiger charge is -2.30. The first-order chi connectivity index (χ1) is 12.9. The number of carbonyl (C=O) groups is 3. The van der Waals surface area contributed by atoms with Gasteiger partial charge in [0.05, 0.1) is 11.7 Å². The molecule has 7 nitrogen and oxygen atoms in total. The van der Waals surface area contributed by atoms with Gasteiger partial charge in [0.15, 0.2) is 0 Å². The zero-order valence-corrected chi connectivity index (χ0v) is 16.4. The molecule has 3 rings (SSSR count). The molecule has 8 heteroatoms. The number of carbonyl (C=O) groups excluding carboxylic acids is 3. The second-order valence-electron chi connectivity index (χ2n) is 7.32. The van der Waals surface area contributed by atoms with Crippen LogP contribution in [-0.4, -0.2) is 48.1 Å². The molecule has 146 valence electrons. The van der Waals surface area contributed by atoms with E-state index in [0.717, 1.165) is 24.3 Å². The number of para-hydroxylation sites is 1. The topological polar surface area (TPSA) is 105 Å². The van der Waals surface area contributed by atoms with Gasteiger partial charge in [0.25, 0.3) is 5.91 Å². The molecular weight excluding hydrogens is 364 g/mol. The van der Waals surface area contributed by atoms with Crippen molar-refractivity contribution in [3.63, 3.8) is 0 Å². The van der Waals surface area contributed by atoms with Gasteiger partial charge in [0.1, 0.15) is 12.6 Å². The molecule has 0 spiro atoms. The predicted molar refractivity (Wildman–Crippen MR) is 105 cm³/mol. The smallest absolute Gasteiger partial charge is 0.251 e. The van der Waals surface area contributed by atoms with Crippen molar-refractivity contribution >= 4 is 35.2 Å². The van der Waals surface area contributed by atoms with Crippen LogP contribution in [0, 0.1) is 5.92 Å². The maximum Gasteiger partial charge on any atom is 0.251 e. The summed E-state index contributed by atoms with van der Waals surface area (Å²) in [4.78, 5) is 40.0. The highest BCUT2D eigenvalue weighted by molar-refractivity contribution is 8.00. The third-order valence-electron chi connectivity index (χ3n) is 4.93. The lowest BCUT2D eigenvalue weighted by molar-refractivity contribution is -0.129. The summed E-state index contributed by atoms with van der Waals surface area (Å²) in [5.41, 5.74) is 6.06. The monoisotopic (exact) mass is 390 g/mol. The zero-order valence-electron chi connectivity index (χ0n) is 15.6. The maximum absolute atomic E-state index is 13.4. The molecule has 3 amide bonds. The Kier molecular flexibility index (Phi) is 6.06. The van der Waals surface area contributed by atoms with Crippen LogP contribution in [-0.2, 0) is 14.4 Å². The Morgan fingerprint density at radius 3 is 2.74 bits per heavy atom. The number of fused-ring (bicyclic) bond motifs is 1. The Balaban J connectivity index is 1.95. The van der Waals surface area contributed by atoms with E-state index >= 15 is 0 Å². The summed E-state index contributed by atoms with van der Waals surface area (Å²) in [6.07, 6.45) is 1.70. The number of hydrogen-bond acceptors (Lipinski definition) is 5. The van der Waals surface area contributed by atoms with Gasteiger partial charge in [-0.25, -0.2) is 0 Å². The van der Waals surface area contributed by atoms with Crippen molar-refractivity contribution < 1.29 is 14.4 Å². The molecule has 1 saturated heterocycles. The van der Waals surface area contributed by atoms with E-state index in [0.29, 0.717) is 5.69 Å². The van der Waals surface area contributed by atoms with Gasteiger partial charge in [-0.1, -0.05) is 26.0 Å². The minimum atomic E-state index is -0.725. The molecule has 0 radical (unpaired) electrons. The number of thioether (sulfide) groups is 1. The third-order valence-corrected chi connectivity index (χ3v) is 6.61. The Hall–Kier alpha value is -2.06. The van der Waals surface area contributed by atoms with E-state index in [1.54, 1.807) is 11.8 Å². The average molecular weight is 391 g/mol. The molecule has 3 atom stereocenters. The SMILES string of the molecule is CC(C)C1Sc2ccccc2N(CC(N)=O)C(=O)C1NC(=O)[C@@H]1CCCN1. The average Bonchev–Trinajstić information content (AvgIpc) is 3.13. The van der Waals surface area contributed by atoms with Crippen LogP contribution in [0.5, 0.6) is 0 Å². The fourth-order valence-electron chi connectivity index (χ4n) is 3.57. The van der Waals surface area contributed by atoms with Crippen LogP contribution in [0.2, 0.25) is 0 Å². The Morgan fingerprint density at radius 1 is 1.37 bits per heavy atom. The lowest BCUT2D eigenvalue weighted by Crippen LogP contribution is -2.57. The van der Waals surface area contributed by atoms with Crippen molar-refractivity contribution in [1.82, 2.24) is 10.6 Å². The van der Waals surface area contributed by atoms with E-state index < -0.39 is 11.9 Å². The van der Waals surface area contributed by atoms with Crippen molar-refractivity contribution in [3.05, 3.63) is 24.3 Å². The lowest BCUT2D eigenvalue weighted by atomic mass is 10.0. The number of rotatable bonds is 5. The van der Waals surface area contributed by atoms with Crippen molar-refractivity contribution in [2.24, 2.45) is 11.7 Å². The van der Waals surface area contributed by atoms with Crippen molar-refractivity contribution in [3.8, 4) is 0 Å². The van der Waals surface area contributed by atoms with Crippen LogP contribution in [0.4, 0.5) is 5.69 Å². The van der Waals surface area contributed by atoms with Gasteiger partial charge in [-0.15, -0.1) is 11.8 Å². The van der Waals surface area contributed by atoms with Crippen LogP contribution in [0.25, 0.3) is 0 Å². The Bertz CT molecular complexity index is 733. The molecule has 1 aromatic rings. The fraction of sp³-hybridized carbons (Fsp3) is 0.526. The summed E-state index contributed by atoms with van der Waals surface area (Å²) >= 11 is 1.56. The van der Waals surface area contributed by atoms with Gasteiger partial charge < -0.3 is 21.3 Å². The van der Waals surface area contributed by atoms with Gasteiger partial charge >= 0.3 is 0 Å². The normalized spacial score (nSPS) is 25.2. The molecule has 2 aliphatic rings. The second-order valence-corrected chi connectivity index (χ2v) is 8.54. The van der Waals surface area contributed by atoms with Crippen molar-refractivity contribution in [1.29, 1.82) is 0 Å². The Morgan fingerprint density at radius 2 is 2.11 bits per heavy atom. The molecule has 0 saturated carbocycles. The molecular formula is C19H26N4O3S. The second kappa shape index (κ2) is 8.31. The standard InChI is InChI=1S/C19H26N4O3S/c1-11(2)17-16(22-18(25)12-6-5-9-21-12)19(26)23(10-15(20)24)13-7-3-4-8-14(13)27-17/h3-4,7-8,11-12,16-17,21H,5-6,9-10H2,1-2H3,(H2,20,24)(H,22,25)/t12-,16?,17?/m0/s1. The third kappa shape index (κ3) is 4.27. The Labute approximate surface area is 163 Å². The summed E-state index contributed by atoms with van der Waals surface area (Å²) in [7, 11) is 0. The van der Waals surface area contributed by atoms with Gasteiger partial charge in [-0.2, -0.15) is 0 Å². The van der Waals surface area contributed by atoms with E-state index in [4.69, 9.17) is 5.73 Å². The van der Waals surface area contributed by atoms with Gasteiger partial charge in [-0.05, 0) is 37.4 Å². The van der Waals surface area contributed by atoms with Gasteiger partial charge in [0, 0.05) is 10.1 Å². The van der Waals surface area contributed by atoms with E-state index in [2.05, 4.69) is 10.6 Å². The molecule has 0 bridgehead atoms.